The number of hydrogen-bond acceptors (Lipinski definition) is 8. The van der Waals surface area contributed by atoms with Crippen LogP contribution in [0.5, 0.6) is 17.2 Å². The van der Waals surface area contributed by atoms with Crippen LogP contribution in [-0.4, -0.2) is 54.2 Å². The van der Waals surface area contributed by atoms with E-state index in [0.717, 1.165) is 23.9 Å². The number of anilines is 2. The highest BCUT2D eigenvalue weighted by molar-refractivity contribution is 5.93. The van der Waals surface area contributed by atoms with Gasteiger partial charge >= 0.3 is 0 Å². The molecule has 1 aliphatic rings. The van der Waals surface area contributed by atoms with Crippen LogP contribution in [0.4, 0.5) is 11.5 Å². The fourth-order valence-corrected chi connectivity index (χ4v) is 3.44. The van der Waals surface area contributed by atoms with Crippen LogP contribution in [0.25, 0.3) is 10.9 Å². The van der Waals surface area contributed by atoms with Gasteiger partial charge in [0.25, 0.3) is 0 Å². The first-order valence-electron chi connectivity index (χ1n) is 10.5. The molecule has 1 atom stereocenters. The van der Waals surface area contributed by atoms with E-state index in [4.69, 9.17) is 18.9 Å². The maximum Gasteiger partial charge on any atom is 0.163 e. The zero-order valence-electron chi connectivity index (χ0n) is 17.5. The fraction of sp³-hybridized carbons (Fsp3) is 0.391. The van der Waals surface area contributed by atoms with E-state index in [1.54, 1.807) is 18.2 Å². The summed E-state index contributed by atoms with van der Waals surface area (Å²) in [6.45, 7) is 4.41. The Kier molecular flexibility index (Phi) is 7.01. The number of aromatic nitrogens is 2. The lowest BCUT2D eigenvalue weighted by Gasteiger charge is -2.20. The minimum atomic E-state index is 0.0654. The molecule has 8 nitrogen and oxygen atoms in total. The number of fused-ring (bicyclic) bond motifs is 2. The molecule has 1 aliphatic heterocycles. The maximum atomic E-state index is 9.73. The third-order valence-electron chi connectivity index (χ3n) is 4.90. The fourth-order valence-electron chi connectivity index (χ4n) is 3.44. The van der Waals surface area contributed by atoms with Gasteiger partial charge in [-0.05, 0) is 24.6 Å². The number of nitrogens with one attached hydrogen (secondary N) is 1. The number of phenols is 1. The van der Waals surface area contributed by atoms with Crippen molar-refractivity contribution in [3.63, 3.8) is 0 Å². The Balaban J connectivity index is 1.60. The predicted molar refractivity (Wildman–Crippen MR) is 117 cm³/mol. The molecule has 0 spiro atoms. The molecule has 0 amide bonds. The molecule has 0 bridgehead atoms. The molecule has 3 aromatic rings. The van der Waals surface area contributed by atoms with Crippen molar-refractivity contribution >= 4 is 22.4 Å². The maximum absolute atomic E-state index is 9.73. The highest BCUT2D eigenvalue weighted by atomic mass is 16.6. The van der Waals surface area contributed by atoms with E-state index >= 15 is 0 Å². The topological polar surface area (TPSA) is 95.0 Å². The largest absolute Gasteiger partial charge is 0.508 e. The summed E-state index contributed by atoms with van der Waals surface area (Å²) in [6, 6.07) is 10.6. The molecule has 164 valence electrons. The average Bonchev–Trinajstić information content (AvgIpc) is 2.75. The van der Waals surface area contributed by atoms with E-state index < -0.39 is 0 Å². The van der Waals surface area contributed by atoms with Gasteiger partial charge in [-0.1, -0.05) is 19.4 Å². The van der Waals surface area contributed by atoms with Gasteiger partial charge < -0.3 is 29.4 Å². The molecule has 2 aromatic carbocycles. The van der Waals surface area contributed by atoms with E-state index in [9.17, 15) is 5.11 Å². The van der Waals surface area contributed by atoms with E-state index in [-0.39, 0.29) is 11.9 Å². The van der Waals surface area contributed by atoms with Crippen molar-refractivity contribution in [3.8, 4) is 17.2 Å². The molecule has 0 saturated heterocycles. The normalized spacial score (nSPS) is 17.5. The Morgan fingerprint density at radius 3 is 2.71 bits per heavy atom. The van der Waals surface area contributed by atoms with E-state index in [0.29, 0.717) is 55.9 Å². The van der Waals surface area contributed by atoms with Gasteiger partial charge in [-0.3, -0.25) is 0 Å². The highest BCUT2D eigenvalue weighted by Gasteiger charge is 2.15. The Hall–Kier alpha value is -3.10. The molecule has 1 aromatic heterocycles. The lowest BCUT2D eigenvalue weighted by atomic mass is 10.2. The first-order valence-corrected chi connectivity index (χ1v) is 10.5. The van der Waals surface area contributed by atoms with Gasteiger partial charge in [-0.2, -0.15) is 0 Å². The standard InChI is InChI=1S/C23H27N3O5/c1-2-4-18-14-28-7-8-30-22-13-20-19(12-21(22)31-10-9-29-18)23(25-15-24-20)26-16-5-3-6-17(27)11-16/h3,5-6,11-13,15,18,27H,2,4,7-10,14H2,1H3,(H,24,25,26). The van der Waals surface area contributed by atoms with Crippen molar-refractivity contribution in [2.45, 2.75) is 25.9 Å². The van der Waals surface area contributed by atoms with Gasteiger partial charge in [0.2, 0.25) is 0 Å². The lowest BCUT2D eigenvalue weighted by molar-refractivity contribution is -0.0363. The van der Waals surface area contributed by atoms with Gasteiger partial charge in [0.05, 0.1) is 31.4 Å². The summed E-state index contributed by atoms with van der Waals surface area (Å²) < 4.78 is 23.6. The second kappa shape index (κ2) is 10.3. The first-order chi connectivity index (χ1) is 15.2. The van der Waals surface area contributed by atoms with E-state index in [1.807, 2.05) is 18.2 Å². The van der Waals surface area contributed by atoms with Crippen molar-refractivity contribution in [1.29, 1.82) is 0 Å². The molecule has 31 heavy (non-hydrogen) atoms. The number of nitrogens with zero attached hydrogens (tertiary/aromatic N) is 2. The zero-order valence-corrected chi connectivity index (χ0v) is 17.5. The van der Waals surface area contributed by atoms with Gasteiger partial charge in [0, 0.05) is 23.2 Å². The molecular weight excluding hydrogens is 398 g/mol. The molecule has 4 rings (SSSR count). The Labute approximate surface area is 181 Å². The Bertz CT molecular complexity index is 1010. The summed E-state index contributed by atoms with van der Waals surface area (Å²) in [5, 5.41) is 13.7. The van der Waals surface area contributed by atoms with Gasteiger partial charge in [0.1, 0.15) is 31.1 Å². The molecule has 8 heteroatoms. The van der Waals surface area contributed by atoms with Gasteiger partial charge in [-0.15, -0.1) is 0 Å². The van der Waals surface area contributed by atoms with Crippen LogP contribution in [0.3, 0.4) is 0 Å². The van der Waals surface area contributed by atoms with Crippen LogP contribution < -0.4 is 14.8 Å². The second-order valence-electron chi connectivity index (χ2n) is 7.27. The van der Waals surface area contributed by atoms with Crippen LogP contribution in [-0.2, 0) is 9.47 Å². The highest BCUT2D eigenvalue weighted by Crippen LogP contribution is 2.35. The number of benzene rings is 2. The Morgan fingerprint density at radius 2 is 1.87 bits per heavy atom. The van der Waals surface area contributed by atoms with Crippen molar-refractivity contribution < 1.29 is 24.1 Å². The quantitative estimate of drug-likeness (QED) is 0.646. The number of rotatable bonds is 4. The number of phenolic OH excluding ortho intramolecular Hbond substituents is 1. The van der Waals surface area contributed by atoms with Crippen LogP contribution in [0.1, 0.15) is 19.8 Å². The van der Waals surface area contributed by atoms with E-state index in [2.05, 4.69) is 22.2 Å². The summed E-state index contributed by atoms with van der Waals surface area (Å²) in [6.07, 6.45) is 3.54. The lowest BCUT2D eigenvalue weighted by Crippen LogP contribution is -2.24. The summed E-state index contributed by atoms with van der Waals surface area (Å²) in [5.74, 6) is 1.98. The predicted octanol–water partition coefficient (Wildman–Crippen LogP) is 4.05. The third kappa shape index (κ3) is 5.53. The van der Waals surface area contributed by atoms with Crippen molar-refractivity contribution in [2.24, 2.45) is 0 Å². The average molecular weight is 425 g/mol. The van der Waals surface area contributed by atoms with Gasteiger partial charge in [-0.25, -0.2) is 9.97 Å². The van der Waals surface area contributed by atoms with Crippen molar-refractivity contribution in [2.75, 3.05) is 38.4 Å². The third-order valence-corrected chi connectivity index (χ3v) is 4.90. The number of hydrogen-bond donors (Lipinski definition) is 2. The summed E-state index contributed by atoms with van der Waals surface area (Å²) >= 11 is 0. The minimum absolute atomic E-state index is 0.0654. The number of ether oxygens (including phenoxy) is 4. The summed E-state index contributed by atoms with van der Waals surface area (Å²) in [4.78, 5) is 8.75. The van der Waals surface area contributed by atoms with E-state index in [1.165, 1.54) is 6.33 Å². The number of aromatic hydroxyl groups is 1. The van der Waals surface area contributed by atoms with Crippen LogP contribution in [0.15, 0.2) is 42.7 Å². The SMILES string of the molecule is CCCC1COCCOc2cc3ncnc(Nc4cccc(O)c4)c3cc2OCCO1. The molecule has 2 N–H and O–H groups in total. The van der Waals surface area contributed by atoms with Crippen molar-refractivity contribution in [1.82, 2.24) is 9.97 Å². The Morgan fingerprint density at radius 1 is 1.03 bits per heavy atom. The second-order valence-corrected chi connectivity index (χ2v) is 7.27. The van der Waals surface area contributed by atoms with Crippen molar-refractivity contribution in [3.05, 3.63) is 42.7 Å². The monoisotopic (exact) mass is 425 g/mol. The van der Waals surface area contributed by atoms with Crippen LogP contribution in [0, 0.1) is 0 Å². The molecule has 0 saturated carbocycles. The molecule has 1 unspecified atom stereocenters. The van der Waals surface area contributed by atoms with Crippen LogP contribution >= 0.6 is 0 Å². The molecule has 2 heterocycles. The molecular formula is C23H27N3O5. The molecule has 0 fully saturated rings. The zero-order chi connectivity index (χ0) is 21.5. The summed E-state index contributed by atoms with van der Waals surface area (Å²) in [7, 11) is 0. The molecule has 0 aliphatic carbocycles. The minimum Gasteiger partial charge on any atom is -0.508 e. The van der Waals surface area contributed by atoms with Gasteiger partial charge in [0.15, 0.2) is 11.5 Å². The molecule has 0 radical (unpaired) electrons. The summed E-state index contributed by atoms with van der Waals surface area (Å²) in [5.41, 5.74) is 1.43. The first kappa shape index (κ1) is 21.1. The van der Waals surface area contributed by atoms with Crippen LogP contribution in [0.2, 0.25) is 0 Å². The smallest absolute Gasteiger partial charge is 0.163 e.